The lowest BCUT2D eigenvalue weighted by Crippen LogP contribution is -1.97. The zero-order valence-electron chi connectivity index (χ0n) is 13.5. The number of hydrogen-bond donors (Lipinski definition) is 0. The van der Waals surface area contributed by atoms with Gasteiger partial charge < -0.3 is 0 Å². The zero-order chi connectivity index (χ0) is 17.2. The molecule has 0 saturated carbocycles. The van der Waals surface area contributed by atoms with Crippen LogP contribution >= 0.6 is 23.4 Å². The third-order valence-electron chi connectivity index (χ3n) is 4.04. The first-order chi connectivity index (χ1) is 12.3. The first-order valence-electron chi connectivity index (χ1n) is 7.78. The summed E-state index contributed by atoms with van der Waals surface area (Å²) in [5.74, 6) is 0. The Bertz CT molecular complexity index is 1050. The summed E-state index contributed by atoms with van der Waals surface area (Å²) in [5, 5.41) is 3.40. The van der Waals surface area contributed by atoms with E-state index in [-0.39, 0.29) is 0 Å². The first kappa shape index (κ1) is 16.1. The fourth-order valence-electron chi connectivity index (χ4n) is 2.91. The molecule has 0 aliphatic heterocycles. The summed E-state index contributed by atoms with van der Waals surface area (Å²) in [6, 6.07) is 18.3. The summed E-state index contributed by atoms with van der Waals surface area (Å²) in [7, 11) is 0. The van der Waals surface area contributed by atoms with E-state index in [0.717, 1.165) is 33.2 Å². The number of nitrogens with zero attached hydrogens (tertiary/aromatic N) is 3. The van der Waals surface area contributed by atoms with Crippen LogP contribution in [0.4, 0.5) is 0 Å². The fraction of sp³-hybridized carbons (Fsp3) is 0.0500. The molecule has 0 radical (unpaired) electrons. The zero-order valence-corrected chi connectivity index (χ0v) is 15.1. The highest BCUT2D eigenvalue weighted by Crippen LogP contribution is 2.39. The molecular weight excluding hydrogens is 350 g/mol. The summed E-state index contributed by atoms with van der Waals surface area (Å²) < 4.78 is 0. The Morgan fingerprint density at radius 2 is 1.64 bits per heavy atom. The highest BCUT2D eigenvalue weighted by molar-refractivity contribution is 7.98. The molecule has 2 aromatic carbocycles. The average Bonchev–Trinajstić information content (AvgIpc) is 2.67. The molecule has 2 aromatic heterocycles. The summed E-state index contributed by atoms with van der Waals surface area (Å²) in [5.41, 5.74) is 3.67. The van der Waals surface area contributed by atoms with Crippen molar-refractivity contribution in [1.82, 2.24) is 15.0 Å². The molecule has 122 valence electrons. The van der Waals surface area contributed by atoms with Crippen LogP contribution < -0.4 is 0 Å². The van der Waals surface area contributed by atoms with Gasteiger partial charge in [0.05, 0.1) is 5.69 Å². The maximum Gasteiger partial charge on any atom is 0.189 e. The van der Waals surface area contributed by atoms with Crippen LogP contribution in [-0.4, -0.2) is 21.2 Å². The van der Waals surface area contributed by atoms with E-state index in [4.69, 9.17) is 16.6 Å². The van der Waals surface area contributed by atoms with Crippen LogP contribution in [0.25, 0.3) is 33.2 Å². The van der Waals surface area contributed by atoms with Crippen molar-refractivity contribution in [2.45, 2.75) is 5.16 Å². The molecule has 0 bridgehead atoms. The Morgan fingerprint density at radius 1 is 0.880 bits per heavy atom. The van der Waals surface area contributed by atoms with Gasteiger partial charge in [-0.3, -0.25) is 4.98 Å². The Morgan fingerprint density at radius 3 is 2.44 bits per heavy atom. The average molecular weight is 364 g/mol. The van der Waals surface area contributed by atoms with Crippen molar-refractivity contribution in [3.05, 3.63) is 72.1 Å². The van der Waals surface area contributed by atoms with Gasteiger partial charge in [-0.25, -0.2) is 9.97 Å². The van der Waals surface area contributed by atoms with E-state index in [1.165, 1.54) is 11.8 Å². The van der Waals surface area contributed by atoms with Gasteiger partial charge in [0.2, 0.25) is 0 Å². The molecule has 0 amide bonds. The van der Waals surface area contributed by atoms with Crippen LogP contribution in [0.1, 0.15) is 0 Å². The number of thioether (sulfide) groups is 1. The normalized spacial score (nSPS) is 11.0. The van der Waals surface area contributed by atoms with Crippen LogP contribution in [0.15, 0.2) is 72.1 Å². The van der Waals surface area contributed by atoms with Gasteiger partial charge >= 0.3 is 0 Å². The van der Waals surface area contributed by atoms with E-state index < -0.39 is 0 Å². The predicted octanol–water partition coefficient (Wildman–Crippen LogP) is 5.73. The van der Waals surface area contributed by atoms with Crippen molar-refractivity contribution in [2.75, 3.05) is 6.26 Å². The molecule has 0 aliphatic rings. The molecule has 0 atom stereocenters. The van der Waals surface area contributed by atoms with Gasteiger partial charge in [-0.05, 0) is 34.7 Å². The second-order valence-corrected chi connectivity index (χ2v) is 6.62. The molecule has 0 fully saturated rings. The van der Waals surface area contributed by atoms with Crippen LogP contribution in [0.2, 0.25) is 5.15 Å². The summed E-state index contributed by atoms with van der Waals surface area (Å²) in [6.07, 6.45) is 5.47. The summed E-state index contributed by atoms with van der Waals surface area (Å²) in [4.78, 5) is 13.3. The lowest BCUT2D eigenvalue weighted by Gasteiger charge is -2.14. The second-order valence-electron chi connectivity index (χ2n) is 5.49. The van der Waals surface area contributed by atoms with Crippen LogP contribution in [0.3, 0.4) is 0 Å². The highest BCUT2D eigenvalue weighted by atomic mass is 35.5. The fourth-order valence-corrected chi connectivity index (χ4v) is 3.59. The minimum absolute atomic E-state index is 0.461. The number of halogens is 1. The summed E-state index contributed by atoms with van der Waals surface area (Å²) in [6.45, 7) is 0. The van der Waals surface area contributed by atoms with Gasteiger partial charge in [0.1, 0.15) is 5.15 Å². The van der Waals surface area contributed by atoms with Crippen LogP contribution in [-0.2, 0) is 0 Å². The number of aromatic nitrogens is 3. The Balaban J connectivity index is 2.07. The lowest BCUT2D eigenvalue weighted by molar-refractivity contribution is 0.979. The Kier molecular flexibility index (Phi) is 4.38. The second kappa shape index (κ2) is 6.82. The number of hydrogen-bond acceptors (Lipinski definition) is 4. The molecule has 4 aromatic rings. The van der Waals surface area contributed by atoms with Crippen molar-refractivity contribution in [3.8, 4) is 22.4 Å². The maximum atomic E-state index is 6.62. The first-order valence-corrected chi connectivity index (χ1v) is 9.38. The quantitative estimate of drug-likeness (QED) is 0.264. The Hall–Kier alpha value is -2.43. The highest BCUT2D eigenvalue weighted by Gasteiger charge is 2.18. The number of pyridine rings is 1. The van der Waals surface area contributed by atoms with Crippen molar-refractivity contribution in [3.63, 3.8) is 0 Å². The largest absolute Gasteiger partial charge is 0.265 e. The van der Waals surface area contributed by atoms with E-state index in [1.54, 1.807) is 12.4 Å². The topological polar surface area (TPSA) is 38.7 Å². The molecule has 0 spiro atoms. The molecule has 2 heterocycles. The van der Waals surface area contributed by atoms with Crippen molar-refractivity contribution in [1.29, 1.82) is 0 Å². The predicted molar refractivity (Wildman–Crippen MR) is 105 cm³/mol. The lowest BCUT2D eigenvalue weighted by atomic mass is 9.96. The van der Waals surface area contributed by atoms with E-state index >= 15 is 0 Å². The maximum absolute atomic E-state index is 6.62. The van der Waals surface area contributed by atoms with Crippen molar-refractivity contribution in [2.24, 2.45) is 0 Å². The minimum Gasteiger partial charge on any atom is -0.265 e. The van der Waals surface area contributed by atoms with E-state index in [9.17, 15) is 0 Å². The van der Waals surface area contributed by atoms with Crippen LogP contribution in [0, 0.1) is 0 Å². The molecular formula is C20H14ClN3S. The van der Waals surface area contributed by atoms with Crippen molar-refractivity contribution < 1.29 is 0 Å². The van der Waals surface area contributed by atoms with Crippen LogP contribution in [0.5, 0.6) is 0 Å². The standard InChI is InChI=1S/C20H14ClN3S/c1-25-20-23-18(14-9-11-22-12-10-14)17(19(21)24-20)16-8-4-6-13-5-2-3-7-15(13)16/h2-12H,1H3. The number of rotatable bonds is 3. The SMILES string of the molecule is CSc1nc(Cl)c(-c2cccc3ccccc23)c(-c2ccncc2)n1. The van der Waals surface area contributed by atoms with Crippen molar-refractivity contribution >= 4 is 34.1 Å². The molecule has 4 rings (SSSR count). The number of fused-ring (bicyclic) bond motifs is 1. The summed E-state index contributed by atoms with van der Waals surface area (Å²) >= 11 is 8.10. The third-order valence-corrected chi connectivity index (χ3v) is 4.86. The smallest absolute Gasteiger partial charge is 0.189 e. The molecule has 0 N–H and O–H groups in total. The van der Waals surface area contributed by atoms with E-state index in [1.807, 2.05) is 36.6 Å². The molecule has 0 saturated heterocycles. The van der Waals surface area contributed by atoms with Gasteiger partial charge in [-0.15, -0.1) is 0 Å². The van der Waals surface area contributed by atoms with Gasteiger partial charge in [0.25, 0.3) is 0 Å². The molecule has 0 unspecified atom stereocenters. The van der Waals surface area contributed by atoms with E-state index in [0.29, 0.717) is 10.3 Å². The third kappa shape index (κ3) is 2.99. The number of benzene rings is 2. The molecule has 25 heavy (non-hydrogen) atoms. The molecule has 5 heteroatoms. The Labute approximate surface area is 155 Å². The molecule has 3 nitrogen and oxygen atoms in total. The van der Waals surface area contributed by atoms with Gasteiger partial charge in [-0.1, -0.05) is 65.8 Å². The minimum atomic E-state index is 0.461. The molecule has 0 aliphatic carbocycles. The van der Waals surface area contributed by atoms with Gasteiger partial charge in [0.15, 0.2) is 5.16 Å². The van der Waals surface area contributed by atoms with Gasteiger partial charge in [-0.2, -0.15) is 0 Å². The van der Waals surface area contributed by atoms with E-state index in [2.05, 4.69) is 34.2 Å². The van der Waals surface area contributed by atoms with Gasteiger partial charge in [0, 0.05) is 23.5 Å². The monoisotopic (exact) mass is 363 g/mol.